The maximum absolute atomic E-state index is 11.4. The lowest BCUT2D eigenvalue weighted by molar-refractivity contribution is -0.119. The first-order chi connectivity index (χ1) is 6.52. The summed E-state index contributed by atoms with van der Waals surface area (Å²) in [6, 6.07) is -0.885. The molecule has 14 heavy (non-hydrogen) atoms. The first-order valence-electron chi connectivity index (χ1n) is 3.77. The number of halogens is 1. The molecule has 1 aromatic rings. The Kier molecular flexibility index (Phi) is 3.37. The Hall–Kier alpha value is -1.21. The Balaban J connectivity index is 2.93. The van der Waals surface area contributed by atoms with Crippen molar-refractivity contribution in [3.05, 3.63) is 27.4 Å². The molecule has 0 aliphatic carbocycles. The second-order valence-corrected chi connectivity index (χ2v) is 3.56. The van der Waals surface area contributed by atoms with Crippen LogP contribution < -0.4 is 17.0 Å². The van der Waals surface area contributed by atoms with Crippen LogP contribution in [0.1, 0.15) is 0 Å². The van der Waals surface area contributed by atoms with Crippen LogP contribution >= 0.6 is 15.9 Å². The maximum atomic E-state index is 11.4. The van der Waals surface area contributed by atoms with Gasteiger partial charge in [0.2, 0.25) is 5.91 Å². The molecule has 0 saturated heterocycles. The smallest absolute Gasteiger partial charge is 0.267 e. The first kappa shape index (κ1) is 10.9. The normalized spacial score (nSPS) is 12.4. The molecule has 1 unspecified atom stereocenters. The van der Waals surface area contributed by atoms with Crippen LogP contribution in [-0.4, -0.2) is 21.5 Å². The molecule has 1 atom stereocenters. The zero-order valence-electron chi connectivity index (χ0n) is 7.18. The molecule has 0 aliphatic rings. The summed E-state index contributed by atoms with van der Waals surface area (Å²) in [4.78, 5) is 25.8. The highest BCUT2D eigenvalue weighted by molar-refractivity contribution is 9.10. The van der Waals surface area contributed by atoms with E-state index in [1.54, 1.807) is 0 Å². The van der Waals surface area contributed by atoms with Gasteiger partial charge in [0.25, 0.3) is 5.56 Å². The number of aromatic nitrogens is 2. The molecule has 1 aromatic heterocycles. The quantitative estimate of drug-likeness (QED) is 0.714. The predicted octanol–water partition coefficient (Wildman–Crippen LogP) is -1.18. The van der Waals surface area contributed by atoms with E-state index in [1.165, 1.54) is 17.1 Å². The Labute approximate surface area is 88.0 Å². The topological polar surface area (TPSA) is 104 Å². The lowest BCUT2D eigenvalue weighted by Gasteiger charge is -2.09. The summed E-state index contributed by atoms with van der Waals surface area (Å²) in [5, 5.41) is 0. The van der Waals surface area contributed by atoms with Crippen molar-refractivity contribution in [2.75, 3.05) is 0 Å². The summed E-state index contributed by atoms with van der Waals surface area (Å²) in [5.41, 5.74) is 10.1. The van der Waals surface area contributed by atoms with Gasteiger partial charge >= 0.3 is 0 Å². The van der Waals surface area contributed by atoms with E-state index >= 15 is 0 Å². The summed E-state index contributed by atoms with van der Waals surface area (Å²) < 4.78 is 1.54. The molecule has 0 fully saturated rings. The third-order valence-electron chi connectivity index (χ3n) is 1.62. The number of rotatable bonds is 3. The maximum Gasteiger partial charge on any atom is 0.267 e. The van der Waals surface area contributed by atoms with E-state index in [-0.39, 0.29) is 12.1 Å². The van der Waals surface area contributed by atoms with Crippen LogP contribution in [0, 0.1) is 0 Å². The number of nitrogens with zero attached hydrogens (tertiary/aromatic N) is 2. The summed E-state index contributed by atoms with van der Waals surface area (Å²) in [6.07, 6.45) is 2.67. The SMILES string of the molecule is NC(=O)C(N)Cn1cncc(Br)c1=O. The molecule has 0 bridgehead atoms. The molecule has 76 valence electrons. The number of nitrogens with two attached hydrogens (primary N) is 2. The number of carbonyl (C=O) groups is 1. The van der Waals surface area contributed by atoms with Gasteiger partial charge in [0.15, 0.2) is 0 Å². The van der Waals surface area contributed by atoms with Crippen molar-refractivity contribution in [1.82, 2.24) is 9.55 Å². The van der Waals surface area contributed by atoms with Gasteiger partial charge in [0.05, 0.1) is 12.9 Å². The Morgan fingerprint density at radius 3 is 2.93 bits per heavy atom. The molecule has 0 aliphatic heterocycles. The highest BCUT2D eigenvalue weighted by Gasteiger charge is 2.11. The predicted molar refractivity (Wildman–Crippen MR) is 53.4 cm³/mol. The van der Waals surface area contributed by atoms with Gasteiger partial charge in [0.1, 0.15) is 10.5 Å². The van der Waals surface area contributed by atoms with Gasteiger partial charge < -0.3 is 11.5 Å². The van der Waals surface area contributed by atoms with Gasteiger partial charge in [-0.3, -0.25) is 14.2 Å². The number of carbonyl (C=O) groups excluding carboxylic acids is 1. The van der Waals surface area contributed by atoms with Crippen molar-refractivity contribution in [3.8, 4) is 0 Å². The Morgan fingerprint density at radius 2 is 2.36 bits per heavy atom. The second-order valence-electron chi connectivity index (χ2n) is 2.71. The van der Waals surface area contributed by atoms with Gasteiger partial charge in [-0.1, -0.05) is 0 Å². The minimum Gasteiger partial charge on any atom is -0.368 e. The second kappa shape index (κ2) is 4.34. The number of primary amides is 1. The minimum atomic E-state index is -0.885. The molecule has 6 nitrogen and oxygen atoms in total. The lowest BCUT2D eigenvalue weighted by atomic mass is 10.3. The minimum absolute atomic E-state index is 0.0284. The van der Waals surface area contributed by atoms with Gasteiger partial charge in [-0.05, 0) is 15.9 Å². The third-order valence-corrected chi connectivity index (χ3v) is 2.16. The van der Waals surface area contributed by atoms with E-state index < -0.39 is 11.9 Å². The van der Waals surface area contributed by atoms with Crippen LogP contribution in [0.2, 0.25) is 0 Å². The molecule has 0 saturated carbocycles. The Bertz CT molecular complexity index is 403. The van der Waals surface area contributed by atoms with Gasteiger partial charge in [-0.25, -0.2) is 4.98 Å². The molecule has 0 aromatic carbocycles. The van der Waals surface area contributed by atoms with E-state index in [0.29, 0.717) is 4.47 Å². The van der Waals surface area contributed by atoms with Crippen LogP contribution in [0.15, 0.2) is 21.8 Å². The van der Waals surface area contributed by atoms with Crippen molar-refractivity contribution in [3.63, 3.8) is 0 Å². The fourth-order valence-electron chi connectivity index (χ4n) is 0.856. The zero-order chi connectivity index (χ0) is 10.7. The standard InChI is InChI=1S/C7H9BrN4O2/c8-4-1-11-3-12(7(4)14)2-5(9)6(10)13/h1,3,5H,2,9H2,(H2,10,13). The number of hydrogen-bond acceptors (Lipinski definition) is 4. The Morgan fingerprint density at radius 1 is 1.71 bits per heavy atom. The largest absolute Gasteiger partial charge is 0.368 e. The van der Waals surface area contributed by atoms with Crippen molar-refractivity contribution in [2.45, 2.75) is 12.6 Å². The third kappa shape index (κ3) is 2.39. The zero-order valence-corrected chi connectivity index (χ0v) is 8.77. The molecule has 1 heterocycles. The number of hydrogen-bond donors (Lipinski definition) is 2. The van der Waals surface area contributed by atoms with Crippen molar-refractivity contribution < 1.29 is 4.79 Å². The van der Waals surface area contributed by atoms with Crippen molar-refractivity contribution >= 4 is 21.8 Å². The fraction of sp³-hybridized carbons (Fsp3) is 0.286. The average Bonchev–Trinajstić information content (AvgIpc) is 2.12. The summed E-state index contributed by atoms with van der Waals surface area (Å²) in [6.45, 7) is 0.0284. The van der Waals surface area contributed by atoms with Crippen LogP contribution in [0.4, 0.5) is 0 Å². The molecule has 7 heteroatoms. The summed E-state index contributed by atoms with van der Waals surface area (Å²) >= 11 is 3.02. The van der Waals surface area contributed by atoms with E-state index in [1.807, 2.05) is 0 Å². The molecule has 1 amide bonds. The monoisotopic (exact) mass is 260 g/mol. The van der Waals surface area contributed by atoms with Gasteiger partial charge in [-0.2, -0.15) is 0 Å². The van der Waals surface area contributed by atoms with E-state index in [0.717, 1.165) is 0 Å². The summed E-state index contributed by atoms with van der Waals surface area (Å²) in [5.74, 6) is -0.656. The highest BCUT2D eigenvalue weighted by Crippen LogP contribution is 1.98. The van der Waals surface area contributed by atoms with E-state index in [4.69, 9.17) is 11.5 Å². The molecule has 0 spiro atoms. The fourth-order valence-corrected chi connectivity index (χ4v) is 1.20. The van der Waals surface area contributed by atoms with Crippen molar-refractivity contribution in [1.29, 1.82) is 0 Å². The van der Waals surface area contributed by atoms with Crippen LogP contribution in [0.25, 0.3) is 0 Å². The van der Waals surface area contributed by atoms with Gasteiger partial charge in [0, 0.05) is 6.20 Å². The van der Waals surface area contributed by atoms with E-state index in [2.05, 4.69) is 20.9 Å². The molecule has 4 N–H and O–H groups in total. The van der Waals surface area contributed by atoms with Gasteiger partial charge in [-0.15, -0.1) is 0 Å². The summed E-state index contributed by atoms with van der Waals surface area (Å²) in [7, 11) is 0. The lowest BCUT2D eigenvalue weighted by Crippen LogP contribution is -2.42. The molecule has 0 radical (unpaired) electrons. The average molecular weight is 261 g/mol. The van der Waals surface area contributed by atoms with Crippen LogP contribution in [0.3, 0.4) is 0 Å². The molecular formula is C7H9BrN4O2. The highest BCUT2D eigenvalue weighted by atomic mass is 79.9. The van der Waals surface area contributed by atoms with Crippen LogP contribution in [-0.2, 0) is 11.3 Å². The molecule has 1 rings (SSSR count). The first-order valence-corrected chi connectivity index (χ1v) is 4.56. The van der Waals surface area contributed by atoms with Crippen molar-refractivity contribution in [2.24, 2.45) is 11.5 Å². The molecular weight excluding hydrogens is 252 g/mol. The van der Waals surface area contributed by atoms with E-state index in [9.17, 15) is 9.59 Å². The van der Waals surface area contributed by atoms with Crippen LogP contribution in [0.5, 0.6) is 0 Å². The number of amides is 1.